The molecule has 1 aromatic carbocycles. The smallest absolute Gasteiger partial charge is 0.240 e. The molecule has 0 bridgehead atoms. The summed E-state index contributed by atoms with van der Waals surface area (Å²) in [6.07, 6.45) is 1.94. The van der Waals surface area contributed by atoms with Crippen molar-refractivity contribution >= 4 is 21.8 Å². The van der Waals surface area contributed by atoms with Gasteiger partial charge in [0.05, 0.1) is 4.90 Å². The zero-order valence-corrected chi connectivity index (χ0v) is 13.5. The van der Waals surface area contributed by atoms with E-state index < -0.39 is 10.0 Å². The van der Waals surface area contributed by atoms with E-state index in [-0.39, 0.29) is 4.90 Å². The van der Waals surface area contributed by atoms with Gasteiger partial charge in [-0.25, -0.2) is 13.1 Å². The van der Waals surface area contributed by atoms with Gasteiger partial charge in [0.1, 0.15) is 12.4 Å². The first-order valence-corrected chi connectivity index (χ1v) is 9.40. The van der Waals surface area contributed by atoms with Crippen molar-refractivity contribution in [3.63, 3.8) is 0 Å². The molecule has 0 atom stereocenters. The Balaban J connectivity index is 2.52. The number of nitrogens with one attached hydrogen (secondary N) is 2. The lowest BCUT2D eigenvalue weighted by molar-refractivity contribution is 0.315. The maximum Gasteiger partial charge on any atom is 0.240 e. The molecule has 0 heterocycles. The third kappa shape index (κ3) is 6.13. The van der Waals surface area contributed by atoms with E-state index in [1.165, 1.54) is 0 Å². The van der Waals surface area contributed by atoms with Gasteiger partial charge in [-0.2, -0.15) is 11.8 Å². The number of ether oxygens (including phenoxy) is 1. The molecular formula is C13H22N2O3S2. The molecule has 0 saturated carbocycles. The fraction of sp³-hybridized carbons (Fsp3) is 0.538. The van der Waals surface area contributed by atoms with E-state index in [0.29, 0.717) is 18.9 Å². The molecule has 0 unspecified atom stereocenters. The van der Waals surface area contributed by atoms with Crippen molar-refractivity contribution in [2.75, 3.05) is 38.2 Å². The van der Waals surface area contributed by atoms with Gasteiger partial charge in [-0.15, -0.1) is 0 Å². The Morgan fingerprint density at radius 2 is 1.90 bits per heavy atom. The minimum Gasteiger partial charge on any atom is -0.492 e. The fourth-order valence-electron chi connectivity index (χ4n) is 1.49. The third-order valence-corrected chi connectivity index (χ3v) is 4.62. The fourth-order valence-corrected chi connectivity index (χ4v) is 2.96. The predicted molar refractivity (Wildman–Crippen MR) is 84.1 cm³/mol. The quantitative estimate of drug-likeness (QED) is 0.637. The molecule has 0 aromatic heterocycles. The van der Waals surface area contributed by atoms with E-state index in [2.05, 4.69) is 10.0 Å². The normalized spacial score (nSPS) is 11.5. The first-order valence-electron chi connectivity index (χ1n) is 6.52. The zero-order chi connectivity index (χ0) is 14.8. The number of likely N-dealkylation sites (N-methyl/N-ethyl adjacent to an activating group) is 1. The summed E-state index contributed by atoms with van der Waals surface area (Å²) in [4.78, 5) is 0.262. The maximum absolute atomic E-state index is 11.9. The summed E-state index contributed by atoms with van der Waals surface area (Å²) in [6, 6.07) is 6.47. The topological polar surface area (TPSA) is 67.4 Å². The molecule has 0 saturated heterocycles. The second kappa shape index (κ2) is 9.23. The van der Waals surface area contributed by atoms with Gasteiger partial charge in [0.15, 0.2) is 0 Å². The van der Waals surface area contributed by atoms with Crippen LogP contribution in [0.2, 0.25) is 0 Å². The van der Waals surface area contributed by atoms with Crippen LogP contribution in [0.1, 0.15) is 6.92 Å². The van der Waals surface area contributed by atoms with Crippen LogP contribution < -0.4 is 14.8 Å². The summed E-state index contributed by atoms with van der Waals surface area (Å²) in [5, 5.41) is 3.15. The minimum atomic E-state index is -3.41. The molecule has 0 aliphatic heterocycles. The first-order chi connectivity index (χ1) is 9.60. The van der Waals surface area contributed by atoms with Crippen molar-refractivity contribution in [1.82, 2.24) is 10.0 Å². The molecule has 0 spiro atoms. The molecule has 1 rings (SSSR count). The number of rotatable bonds is 10. The van der Waals surface area contributed by atoms with Crippen molar-refractivity contribution in [1.29, 1.82) is 0 Å². The molecule has 0 fully saturated rings. The molecule has 114 valence electrons. The van der Waals surface area contributed by atoms with Crippen molar-refractivity contribution in [3.8, 4) is 5.75 Å². The molecular weight excluding hydrogens is 296 g/mol. The summed E-state index contributed by atoms with van der Waals surface area (Å²) >= 11 is 1.60. The predicted octanol–water partition coefficient (Wildman–Crippen LogP) is 1.32. The Bertz CT molecular complexity index is 475. The van der Waals surface area contributed by atoms with Gasteiger partial charge >= 0.3 is 0 Å². The van der Waals surface area contributed by atoms with Crippen LogP contribution in [-0.2, 0) is 10.0 Å². The molecule has 0 amide bonds. The lowest BCUT2D eigenvalue weighted by atomic mass is 10.3. The van der Waals surface area contributed by atoms with Crippen LogP contribution >= 0.6 is 11.8 Å². The Hall–Kier alpha value is -0.760. The van der Waals surface area contributed by atoms with Crippen LogP contribution in [0.4, 0.5) is 0 Å². The third-order valence-electron chi connectivity index (χ3n) is 2.53. The average Bonchev–Trinajstić information content (AvgIpc) is 2.44. The van der Waals surface area contributed by atoms with Crippen molar-refractivity contribution in [2.24, 2.45) is 0 Å². The molecule has 0 radical (unpaired) electrons. The van der Waals surface area contributed by atoms with Crippen LogP contribution in [0, 0.1) is 0 Å². The van der Waals surface area contributed by atoms with Gasteiger partial charge in [-0.1, -0.05) is 6.92 Å². The highest BCUT2D eigenvalue weighted by molar-refractivity contribution is 7.98. The number of benzene rings is 1. The van der Waals surface area contributed by atoms with Crippen LogP contribution in [-0.4, -0.2) is 46.7 Å². The van der Waals surface area contributed by atoms with Crippen LogP contribution in [0.3, 0.4) is 0 Å². The molecule has 5 nitrogen and oxygen atoms in total. The Labute approximate surface area is 125 Å². The van der Waals surface area contributed by atoms with Crippen molar-refractivity contribution in [2.45, 2.75) is 11.8 Å². The van der Waals surface area contributed by atoms with Gasteiger partial charge in [-0.3, -0.25) is 0 Å². The van der Waals surface area contributed by atoms with E-state index >= 15 is 0 Å². The number of hydrogen-bond donors (Lipinski definition) is 2. The SMILES string of the molecule is CCNCCOc1ccc(S(=O)(=O)NCCSC)cc1. The molecule has 7 heteroatoms. The van der Waals surface area contributed by atoms with Gasteiger partial charge in [-0.05, 0) is 37.1 Å². The summed E-state index contributed by atoms with van der Waals surface area (Å²) in [5.41, 5.74) is 0. The second-order valence-electron chi connectivity index (χ2n) is 4.06. The van der Waals surface area contributed by atoms with E-state index in [4.69, 9.17) is 4.74 Å². The Kier molecular flexibility index (Phi) is 7.98. The monoisotopic (exact) mass is 318 g/mol. The van der Waals surface area contributed by atoms with Gasteiger partial charge in [0, 0.05) is 18.8 Å². The van der Waals surface area contributed by atoms with E-state index in [0.717, 1.165) is 18.8 Å². The summed E-state index contributed by atoms with van der Waals surface area (Å²) in [7, 11) is -3.41. The number of hydrogen-bond acceptors (Lipinski definition) is 5. The highest BCUT2D eigenvalue weighted by Gasteiger charge is 2.12. The molecule has 20 heavy (non-hydrogen) atoms. The Morgan fingerprint density at radius 1 is 1.20 bits per heavy atom. The number of sulfonamides is 1. The summed E-state index contributed by atoms with van der Waals surface area (Å²) in [6.45, 7) is 4.70. The highest BCUT2D eigenvalue weighted by Crippen LogP contribution is 2.15. The van der Waals surface area contributed by atoms with Crippen molar-refractivity contribution < 1.29 is 13.2 Å². The van der Waals surface area contributed by atoms with Gasteiger partial charge in [0.25, 0.3) is 0 Å². The van der Waals surface area contributed by atoms with Crippen molar-refractivity contribution in [3.05, 3.63) is 24.3 Å². The van der Waals surface area contributed by atoms with Crippen LogP contribution in [0.15, 0.2) is 29.2 Å². The standard InChI is InChI=1S/C13H22N2O3S2/c1-3-14-8-10-18-12-4-6-13(7-5-12)20(16,17)15-9-11-19-2/h4-7,14-15H,3,8-11H2,1-2H3. The molecule has 1 aromatic rings. The average molecular weight is 318 g/mol. The van der Waals surface area contributed by atoms with Crippen LogP contribution in [0.25, 0.3) is 0 Å². The van der Waals surface area contributed by atoms with Gasteiger partial charge < -0.3 is 10.1 Å². The molecule has 0 aliphatic rings. The second-order valence-corrected chi connectivity index (χ2v) is 6.82. The number of thioether (sulfide) groups is 1. The Morgan fingerprint density at radius 3 is 2.50 bits per heavy atom. The lowest BCUT2D eigenvalue weighted by Crippen LogP contribution is -2.26. The first kappa shape index (κ1) is 17.3. The van der Waals surface area contributed by atoms with Gasteiger partial charge in [0.2, 0.25) is 10.0 Å². The molecule has 2 N–H and O–H groups in total. The zero-order valence-electron chi connectivity index (χ0n) is 11.9. The van der Waals surface area contributed by atoms with E-state index in [1.807, 2.05) is 13.2 Å². The maximum atomic E-state index is 11.9. The van der Waals surface area contributed by atoms with E-state index in [1.54, 1.807) is 36.0 Å². The highest BCUT2D eigenvalue weighted by atomic mass is 32.2. The largest absolute Gasteiger partial charge is 0.492 e. The molecule has 0 aliphatic carbocycles. The van der Waals surface area contributed by atoms with Crippen LogP contribution in [0.5, 0.6) is 5.75 Å². The van der Waals surface area contributed by atoms with E-state index in [9.17, 15) is 8.42 Å². The lowest BCUT2D eigenvalue weighted by Gasteiger charge is -2.09. The summed E-state index contributed by atoms with van der Waals surface area (Å²) < 4.78 is 31.9. The minimum absolute atomic E-state index is 0.262. The summed E-state index contributed by atoms with van der Waals surface area (Å²) in [5.74, 6) is 1.43.